The third kappa shape index (κ3) is 6.26. The standard InChI is InChI=1S/C21H27BrN2O3/c1-5-15(3)23-12-17-18(22)10-11-19(26-4)21(17)27-13-20(25)24-16-8-6-14(2)7-9-16/h6-11,15,23H,5,12-13H2,1-4H3,(H,24,25). The number of methoxy groups -OCH3 is 1. The lowest BCUT2D eigenvalue weighted by Crippen LogP contribution is -2.26. The van der Waals surface area contributed by atoms with E-state index in [1.54, 1.807) is 7.11 Å². The second-order valence-electron chi connectivity index (χ2n) is 6.45. The highest BCUT2D eigenvalue weighted by Crippen LogP contribution is 2.36. The van der Waals surface area contributed by atoms with Gasteiger partial charge in [0, 0.05) is 28.3 Å². The van der Waals surface area contributed by atoms with E-state index in [2.05, 4.69) is 40.4 Å². The Bertz CT molecular complexity index is 763. The van der Waals surface area contributed by atoms with Gasteiger partial charge in [-0.1, -0.05) is 40.5 Å². The zero-order valence-electron chi connectivity index (χ0n) is 16.3. The van der Waals surface area contributed by atoms with Crippen LogP contribution < -0.4 is 20.1 Å². The van der Waals surface area contributed by atoms with Crippen LogP contribution in [0.4, 0.5) is 5.69 Å². The first-order valence-corrected chi connectivity index (χ1v) is 9.82. The van der Waals surface area contributed by atoms with Crippen molar-refractivity contribution in [3.05, 3.63) is 52.0 Å². The van der Waals surface area contributed by atoms with Gasteiger partial charge in [0.2, 0.25) is 0 Å². The average molecular weight is 435 g/mol. The molecule has 0 saturated carbocycles. The van der Waals surface area contributed by atoms with Crippen LogP contribution in [0.1, 0.15) is 31.4 Å². The van der Waals surface area contributed by atoms with Crippen molar-refractivity contribution in [2.75, 3.05) is 19.0 Å². The Morgan fingerprint density at radius 3 is 2.52 bits per heavy atom. The summed E-state index contributed by atoms with van der Waals surface area (Å²) in [5.74, 6) is 0.950. The Labute approximate surface area is 169 Å². The van der Waals surface area contributed by atoms with E-state index in [0.29, 0.717) is 24.1 Å². The van der Waals surface area contributed by atoms with Crippen LogP contribution in [0.3, 0.4) is 0 Å². The number of hydrogen-bond donors (Lipinski definition) is 2. The van der Waals surface area contributed by atoms with Crippen LogP contribution in [-0.2, 0) is 11.3 Å². The smallest absolute Gasteiger partial charge is 0.262 e. The number of rotatable bonds is 9. The van der Waals surface area contributed by atoms with E-state index in [1.165, 1.54) is 0 Å². The molecule has 0 fully saturated rings. The lowest BCUT2D eigenvalue weighted by atomic mass is 10.1. The number of ether oxygens (including phenoxy) is 2. The first kappa shape index (κ1) is 21.3. The van der Waals surface area contributed by atoms with Gasteiger partial charge in [-0.3, -0.25) is 4.79 Å². The van der Waals surface area contributed by atoms with Crippen molar-refractivity contribution >= 4 is 27.5 Å². The van der Waals surface area contributed by atoms with Crippen molar-refractivity contribution in [2.24, 2.45) is 0 Å². The monoisotopic (exact) mass is 434 g/mol. The molecule has 0 aromatic heterocycles. The zero-order chi connectivity index (χ0) is 19.8. The van der Waals surface area contributed by atoms with E-state index in [4.69, 9.17) is 9.47 Å². The summed E-state index contributed by atoms with van der Waals surface area (Å²) in [6.07, 6.45) is 1.02. The normalized spacial score (nSPS) is 11.7. The summed E-state index contributed by atoms with van der Waals surface area (Å²) in [6.45, 7) is 6.77. The number of nitrogens with one attached hydrogen (secondary N) is 2. The predicted octanol–water partition coefficient (Wildman–Crippen LogP) is 4.67. The van der Waals surface area contributed by atoms with Gasteiger partial charge >= 0.3 is 0 Å². The second kappa shape index (κ2) is 10.3. The van der Waals surface area contributed by atoms with E-state index in [0.717, 1.165) is 27.7 Å². The molecule has 27 heavy (non-hydrogen) atoms. The number of aryl methyl sites for hydroxylation is 1. The predicted molar refractivity (Wildman–Crippen MR) is 113 cm³/mol. The quantitative estimate of drug-likeness (QED) is 0.601. The molecule has 0 saturated heterocycles. The van der Waals surface area contributed by atoms with Gasteiger partial charge in [0.15, 0.2) is 18.1 Å². The fourth-order valence-electron chi connectivity index (χ4n) is 2.46. The van der Waals surface area contributed by atoms with Crippen LogP contribution in [-0.4, -0.2) is 25.7 Å². The number of hydrogen-bond acceptors (Lipinski definition) is 4. The number of anilines is 1. The highest BCUT2D eigenvalue weighted by Gasteiger charge is 2.16. The lowest BCUT2D eigenvalue weighted by molar-refractivity contribution is -0.118. The fraction of sp³-hybridized carbons (Fsp3) is 0.381. The van der Waals surface area contributed by atoms with Crippen LogP contribution >= 0.6 is 15.9 Å². The summed E-state index contributed by atoms with van der Waals surface area (Å²) in [5.41, 5.74) is 2.81. The Balaban J connectivity index is 2.09. The molecule has 2 aromatic carbocycles. The Kier molecular flexibility index (Phi) is 8.13. The van der Waals surface area contributed by atoms with Gasteiger partial charge in [0.1, 0.15) is 0 Å². The largest absolute Gasteiger partial charge is 0.493 e. The minimum atomic E-state index is -0.221. The van der Waals surface area contributed by atoms with Gasteiger partial charge in [-0.05, 0) is 44.5 Å². The van der Waals surface area contributed by atoms with Crippen molar-refractivity contribution in [3.63, 3.8) is 0 Å². The van der Waals surface area contributed by atoms with E-state index < -0.39 is 0 Å². The van der Waals surface area contributed by atoms with Gasteiger partial charge in [0.05, 0.1) is 7.11 Å². The molecular weight excluding hydrogens is 408 g/mol. The Morgan fingerprint density at radius 1 is 1.19 bits per heavy atom. The number of amides is 1. The third-order valence-electron chi connectivity index (χ3n) is 4.31. The van der Waals surface area contributed by atoms with E-state index >= 15 is 0 Å². The highest BCUT2D eigenvalue weighted by molar-refractivity contribution is 9.10. The summed E-state index contributed by atoms with van der Waals surface area (Å²) in [6, 6.07) is 11.8. The van der Waals surface area contributed by atoms with Gasteiger partial charge in [-0.25, -0.2) is 0 Å². The lowest BCUT2D eigenvalue weighted by Gasteiger charge is -2.18. The van der Waals surface area contributed by atoms with Crippen molar-refractivity contribution in [1.82, 2.24) is 5.32 Å². The maximum absolute atomic E-state index is 12.3. The third-order valence-corrected chi connectivity index (χ3v) is 5.05. The molecular formula is C21H27BrN2O3. The molecule has 2 N–H and O–H groups in total. The highest BCUT2D eigenvalue weighted by atomic mass is 79.9. The molecule has 2 aromatic rings. The van der Waals surface area contributed by atoms with Gasteiger partial charge in [0.25, 0.3) is 5.91 Å². The number of benzene rings is 2. The maximum Gasteiger partial charge on any atom is 0.262 e. The molecule has 0 spiro atoms. The summed E-state index contributed by atoms with van der Waals surface area (Å²) in [4.78, 5) is 12.3. The molecule has 1 atom stereocenters. The minimum Gasteiger partial charge on any atom is -0.493 e. The molecule has 0 aliphatic carbocycles. The molecule has 146 valence electrons. The molecule has 0 aliphatic heterocycles. The molecule has 0 heterocycles. The van der Waals surface area contributed by atoms with Crippen LogP contribution in [0.25, 0.3) is 0 Å². The molecule has 1 amide bonds. The van der Waals surface area contributed by atoms with Crippen molar-refractivity contribution in [2.45, 2.75) is 39.8 Å². The molecule has 2 rings (SSSR count). The van der Waals surface area contributed by atoms with E-state index in [1.807, 2.05) is 43.3 Å². The maximum atomic E-state index is 12.3. The topological polar surface area (TPSA) is 59.6 Å². The second-order valence-corrected chi connectivity index (χ2v) is 7.30. The van der Waals surface area contributed by atoms with Gasteiger partial charge < -0.3 is 20.1 Å². The Hall–Kier alpha value is -2.05. The molecule has 0 bridgehead atoms. The van der Waals surface area contributed by atoms with E-state index in [-0.39, 0.29) is 12.5 Å². The minimum absolute atomic E-state index is 0.100. The van der Waals surface area contributed by atoms with Crippen molar-refractivity contribution in [3.8, 4) is 11.5 Å². The molecule has 0 radical (unpaired) electrons. The van der Waals surface area contributed by atoms with Crippen molar-refractivity contribution in [1.29, 1.82) is 0 Å². The zero-order valence-corrected chi connectivity index (χ0v) is 17.9. The van der Waals surface area contributed by atoms with Crippen LogP contribution in [0.5, 0.6) is 11.5 Å². The summed E-state index contributed by atoms with van der Waals surface area (Å²) in [5, 5.41) is 6.29. The average Bonchev–Trinajstić information content (AvgIpc) is 2.67. The summed E-state index contributed by atoms with van der Waals surface area (Å²) in [7, 11) is 1.59. The summed E-state index contributed by atoms with van der Waals surface area (Å²) < 4.78 is 12.2. The molecule has 6 heteroatoms. The van der Waals surface area contributed by atoms with Crippen molar-refractivity contribution < 1.29 is 14.3 Å². The van der Waals surface area contributed by atoms with Crippen LogP contribution in [0.2, 0.25) is 0 Å². The SMILES string of the molecule is CCC(C)NCc1c(Br)ccc(OC)c1OCC(=O)Nc1ccc(C)cc1. The molecule has 5 nitrogen and oxygen atoms in total. The summed E-state index contributed by atoms with van der Waals surface area (Å²) >= 11 is 3.57. The van der Waals surface area contributed by atoms with Crippen LogP contribution in [0.15, 0.2) is 40.9 Å². The number of carbonyl (C=O) groups is 1. The molecule has 1 unspecified atom stereocenters. The molecule has 0 aliphatic rings. The van der Waals surface area contributed by atoms with Gasteiger partial charge in [-0.15, -0.1) is 0 Å². The Morgan fingerprint density at radius 2 is 1.89 bits per heavy atom. The number of carbonyl (C=O) groups excluding carboxylic acids is 1. The number of halogens is 1. The first-order chi connectivity index (χ1) is 12.9. The van der Waals surface area contributed by atoms with E-state index in [9.17, 15) is 4.79 Å². The van der Waals surface area contributed by atoms with Crippen LogP contribution in [0, 0.1) is 6.92 Å². The first-order valence-electron chi connectivity index (χ1n) is 9.02. The van der Waals surface area contributed by atoms with Gasteiger partial charge in [-0.2, -0.15) is 0 Å². The fourth-order valence-corrected chi connectivity index (χ4v) is 2.91.